The van der Waals surface area contributed by atoms with Gasteiger partial charge in [0.05, 0.1) is 10.2 Å². The number of rotatable bonds is 5. The lowest BCUT2D eigenvalue weighted by Crippen LogP contribution is -2.05. The van der Waals surface area contributed by atoms with Crippen LogP contribution in [0.4, 0.5) is 8.78 Å². The topological polar surface area (TPSA) is 27.1 Å². The highest BCUT2D eigenvalue weighted by Gasteiger charge is 2.07. The number of aryl methyl sites for hydroxylation is 1. The second-order valence-electron chi connectivity index (χ2n) is 2.69. The Bertz CT molecular complexity index is 291. The first-order chi connectivity index (χ1) is 6.63. The first-order valence-electron chi connectivity index (χ1n) is 4.21. The molecule has 0 aromatic carbocycles. The van der Waals surface area contributed by atoms with E-state index in [2.05, 4.69) is 27.7 Å². The minimum atomic E-state index is -2.42. The molecule has 6 heteroatoms. The Morgan fingerprint density at radius 1 is 1.64 bits per heavy atom. The van der Waals surface area contributed by atoms with Crippen LogP contribution in [-0.2, 0) is 17.9 Å². The Kier molecular flexibility index (Phi) is 4.73. The predicted octanol–water partition coefficient (Wildman–Crippen LogP) is 2.29. The van der Waals surface area contributed by atoms with E-state index in [-0.39, 0.29) is 6.61 Å². The van der Waals surface area contributed by atoms with Crippen LogP contribution in [0, 0.1) is 3.57 Å². The molecule has 14 heavy (non-hydrogen) atoms. The molecule has 0 aliphatic rings. The lowest BCUT2D eigenvalue weighted by Gasteiger charge is -2.00. The standard InChI is InChI=1S/C8H11F2IN2O/c1-2-13-3-6(11)7(12-13)4-14-5-8(9)10/h3,8H,2,4-5H2,1H3. The van der Waals surface area contributed by atoms with Gasteiger partial charge in [0.25, 0.3) is 6.43 Å². The van der Waals surface area contributed by atoms with Crippen LogP contribution < -0.4 is 0 Å². The van der Waals surface area contributed by atoms with Crippen LogP contribution in [0.1, 0.15) is 12.6 Å². The highest BCUT2D eigenvalue weighted by Crippen LogP contribution is 2.11. The highest BCUT2D eigenvalue weighted by atomic mass is 127. The summed E-state index contributed by atoms with van der Waals surface area (Å²) in [6, 6.07) is 0. The maximum atomic E-state index is 11.8. The molecule has 1 rings (SSSR count). The molecular weight excluding hydrogens is 305 g/mol. The summed E-state index contributed by atoms with van der Waals surface area (Å²) in [5.41, 5.74) is 0.716. The minimum Gasteiger partial charge on any atom is -0.369 e. The van der Waals surface area contributed by atoms with Gasteiger partial charge in [0.15, 0.2) is 0 Å². The fraction of sp³-hybridized carbons (Fsp3) is 0.625. The summed E-state index contributed by atoms with van der Waals surface area (Å²) in [7, 11) is 0. The summed E-state index contributed by atoms with van der Waals surface area (Å²) in [4.78, 5) is 0. The summed E-state index contributed by atoms with van der Waals surface area (Å²) >= 11 is 2.11. The third-order valence-corrected chi connectivity index (χ3v) is 2.49. The summed E-state index contributed by atoms with van der Waals surface area (Å²) in [6.07, 6.45) is -0.553. The van der Waals surface area contributed by atoms with Gasteiger partial charge in [-0.1, -0.05) is 0 Å². The second-order valence-corrected chi connectivity index (χ2v) is 3.85. The smallest absolute Gasteiger partial charge is 0.261 e. The SMILES string of the molecule is CCn1cc(I)c(COCC(F)F)n1. The molecule has 0 unspecified atom stereocenters. The van der Waals surface area contributed by atoms with Gasteiger partial charge in [-0.25, -0.2) is 8.78 Å². The Labute approximate surface area is 94.6 Å². The number of aromatic nitrogens is 2. The maximum Gasteiger partial charge on any atom is 0.261 e. The molecule has 3 nitrogen and oxygen atoms in total. The first kappa shape index (κ1) is 11.8. The third kappa shape index (κ3) is 3.49. The molecule has 0 fully saturated rings. The molecule has 0 saturated heterocycles. The highest BCUT2D eigenvalue weighted by molar-refractivity contribution is 14.1. The van der Waals surface area contributed by atoms with E-state index in [0.717, 1.165) is 10.1 Å². The average molecular weight is 316 g/mol. The van der Waals surface area contributed by atoms with Gasteiger partial charge in [0.1, 0.15) is 12.3 Å². The summed E-state index contributed by atoms with van der Waals surface area (Å²) in [6.45, 7) is 2.35. The summed E-state index contributed by atoms with van der Waals surface area (Å²) in [5, 5.41) is 4.16. The molecule has 0 radical (unpaired) electrons. The number of halogens is 3. The molecule has 0 bridgehead atoms. The van der Waals surface area contributed by atoms with Crippen molar-refractivity contribution in [1.82, 2.24) is 9.78 Å². The van der Waals surface area contributed by atoms with E-state index < -0.39 is 13.0 Å². The van der Waals surface area contributed by atoms with E-state index in [1.54, 1.807) is 4.68 Å². The van der Waals surface area contributed by atoms with Crippen LogP contribution in [-0.4, -0.2) is 22.8 Å². The van der Waals surface area contributed by atoms with Gasteiger partial charge in [-0.15, -0.1) is 0 Å². The predicted molar refractivity (Wildman–Crippen MR) is 56.3 cm³/mol. The molecular formula is C8H11F2IN2O. The van der Waals surface area contributed by atoms with Crippen molar-refractivity contribution in [3.63, 3.8) is 0 Å². The van der Waals surface area contributed by atoms with E-state index in [1.165, 1.54) is 0 Å². The van der Waals surface area contributed by atoms with Gasteiger partial charge < -0.3 is 4.74 Å². The van der Waals surface area contributed by atoms with Crippen molar-refractivity contribution in [1.29, 1.82) is 0 Å². The molecule has 0 aliphatic carbocycles. The van der Waals surface area contributed by atoms with E-state index in [1.807, 2.05) is 13.1 Å². The fourth-order valence-corrected chi connectivity index (χ4v) is 1.53. The van der Waals surface area contributed by atoms with Crippen molar-refractivity contribution in [3.8, 4) is 0 Å². The van der Waals surface area contributed by atoms with Gasteiger partial charge in [0, 0.05) is 12.7 Å². The van der Waals surface area contributed by atoms with Crippen LogP contribution in [0.25, 0.3) is 0 Å². The van der Waals surface area contributed by atoms with Crippen molar-refractivity contribution < 1.29 is 13.5 Å². The van der Waals surface area contributed by atoms with Gasteiger partial charge in [-0.2, -0.15) is 5.10 Å². The first-order valence-corrected chi connectivity index (χ1v) is 5.29. The molecule has 0 atom stereocenters. The number of hydrogen-bond acceptors (Lipinski definition) is 2. The van der Waals surface area contributed by atoms with Crippen molar-refractivity contribution in [3.05, 3.63) is 15.5 Å². The lowest BCUT2D eigenvalue weighted by molar-refractivity contribution is 0.00849. The van der Waals surface area contributed by atoms with Gasteiger partial charge in [-0.05, 0) is 29.5 Å². The molecule has 0 amide bonds. The molecule has 0 aliphatic heterocycles. The quantitative estimate of drug-likeness (QED) is 0.780. The zero-order valence-corrected chi connectivity index (χ0v) is 9.87. The normalized spacial score (nSPS) is 11.2. The van der Waals surface area contributed by atoms with Crippen molar-refractivity contribution in [2.24, 2.45) is 0 Å². The fourth-order valence-electron chi connectivity index (χ4n) is 0.942. The maximum absolute atomic E-state index is 11.8. The molecule has 1 aromatic heterocycles. The Morgan fingerprint density at radius 2 is 2.36 bits per heavy atom. The van der Waals surface area contributed by atoms with Crippen molar-refractivity contribution in [2.75, 3.05) is 6.61 Å². The zero-order chi connectivity index (χ0) is 10.6. The van der Waals surface area contributed by atoms with Crippen molar-refractivity contribution >= 4 is 22.6 Å². The Morgan fingerprint density at radius 3 is 2.86 bits per heavy atom. The summed E-state index contributed by atoms with van der Waals surface area (Å²) < 4.78 is 31.0. The average Bonchev–Trinajstić information content (AvgIpc) is 2.47. The van der Waals surface area contributed by atoms with Crippen molar-refractivity contribution in [2.45, 2.75) is 26.5 Å². The number of nitrogens with zero attached hydrogens (tertiary/aromatic N) is 2. The van der Waals surface area contributed by atoms with E-state index in [4.69, 9.17) is 4.74 Å². The number of alkyl halides is 2. The van der Waals surface area contributed by atoms with Gasteiger partial charge >= 0.3 is 0 Å². The van der Waals surface area contributed by atoms with Gasteiger partial charge in [-0.3, -0.25) is 4.68 Å². The Hall–Kier alpha value is -0.240. The zero-order valence-electron chi connectivity index (χ0n) is 7.71. The number of hydrogen-bond donors (Lipinski definition) is 0. The van der Waals surface area contributed by atoms with Crippen LogP contribution in [0.3, 0.4) is 0 Å². The second kappa shape index (κ2) is 5.59. The molecule has 1 aromatic rings. The molecule has 0 spiro atoms. The van der Waals surface area contributed by atoms with Crippen LogP contribution in [0.15, 0.2) is 6.20 Å². The summed E-state index contributed by atoms with van der Waals surface area (Å²) in [5.74, 6) is 0. The van der Waals surface area contributed by atoms with E-state index in [9.17, 15) is 8.78 Å². The monoisotopic (exact) mass is 316 g/mol. The number of ether oxygens (including phenoxy) is 1. The van der Waals surface area contributed by atoms with Crippen LogP contribution in [0.2, 0.25) is 0 Å². The third-order valence-electron chi connectivity index (χ3n) is 1.59. The van der Waals surface area contributed by atoms with Crippen LogP contribution >= 0.6 is 22.6 Å². The molecule has 80 valence electrons. The van der Waals surface area contributed by atoms with E-state index in [0.29, 0.717) is 5.69 Å². The van der Waals surface area contributed by atoms with Gasteiger partial charge in [0.2, 0.25) is 0 Å². The largest absolute Gasteiger partial charge is 0.369 e. The Balaban J connectivity index is 2.45. The molecule has 0 saturated carbocycles. The minimum absolute atomic E-state index is 0.148. The molecule has 1 heterocycles. The molecule has 0 N–H and O–H groups in total. The van der Waals surface area contributed by atoms with Crippen LogP contribution in [0.5, 0.6) is 0 Å². The lowest BCUT2D eigenvalue weighted by atomic mass is 10.5. The van der Waals surface area contributed by atoms with E-state index >= 15 is 0 Å².